The van der Waals surface area contributed by atoms with E-state index in [9.17, 15) is 10.2 Å². The molecule has 0 amide bonds. The van der Waals surface area contributed by atoms with Gasteiger partial charge in [0.25, 0.3) is 0 Å². The van der Waals surface area contributed by atoms with Crippen LogP contribution in [0.1, 0.15) is 140 Å². The van der Waals surface area contributed by atoms with Crippen molar-refractivity contribution < 1.29 is 29.2 Å². The number of rotatable bonds is 16. The van der Waals surface area contributed by atoms with Crippen molar-refractivity contribution in [2.24, 2.45) is 0 Å². The summed E-state index contributed by atoms with van der Waals surface area (Å²) in [7, 11) is 0. The van der Waals surface area contributed by atoms with Crippen LogP contribution in [0.4, 0.5) is 0 Å². The van der Waals surface area contributed by atoms with Gasteiger partial charge in [-0.15, -0.1) is 0 Å². The zero-order valence-corrected chi connectivity index (χ0v) is 44.5. The highest BCUT2D eigenvalue weighted by Crippen LogP contribution is 2.45. The van der Waals surface area contributed by atoms with Crippen LogP contribution in [-0.2, 0) is 9.47 Å². The Morgan fingerprint density at radius 2 is 0.614 bits per heavy atom. The Bertz CT molecular complexity index is 2810. The van der Waals surface area contributed by atoms with E-state index < -0.39 is 0 Å². The molecular weight excluding hydrogens is 865 g/mol. The van der Waals surface area contributed by atoms with Crippen LogP contribution in [0, 0.1) is 83.1 Å². The first-order valence-electron chi connectivity index (χ1n) is 25.0. The lowest BCUT2D eigenvalue weighted by Gasteiger charge is -2.28. The molecule has 4 unspecified atom stereocenters. The van der Waals surface area contributed by atoms with Crippen LogP contribution < -0.4 is 9.47 Å². The van der Waals surface area contributed by atoms with Crippen molar-refractivity contribution in [1.82, 2.24) is 0 Å². The Labute approximate surface area is 418 Å². The number of phenols is 2. The summed E-state index contributed by atoms with van der Waals surface area (Å²) in [6, 6.07) is 35.7. The molecule has 2 N–H and O–H groups in total. The van der Waals surface area contributed by atoms with Crippen molar-refractivity contribution >= 4 is 0 Å². The third-order valence-electron chi connectivity index (χ3n) is 15.0. The molecule has 0 fully saturated rings. The van der Waals surface area contributed by atoms with Crippen molar-refractivity contribution in [2.45, 2.75) is 135 Å². The maximum absolute atomic E-state index is 11.0. The Morgan fingerprint density at radius 3 is 0.900 bits per heavy atom. The highest BCUT2D eigenvalue weighted by molar-refractivity contribution is 5.72. The molecule has 7 rings (SSSR count). The summed E-state index contributed by atoms with van der Waals surface area (Å²) in [6.45, 7) is 34.1. The summed E-state index contributed by atoms with van der Waals surface area (Å²) in [6.07, 6.45) is -0.706. The number of hydrogen-bond acceptors (Lipinski definition) is 6. The fourth-order valence-corrected chi connectivity index (χ4v) is 10.5. The van der Waals surface area contributed by atoms with Gasteiger partial charge in [-0.05, 0) is 233 Å². The molecule has 7 aromatic rings. The van der Waals surface area contributed by atoms with Gasteiger partial charge in [0.15, 0.2) is 12.6 Å². The number of hydrogen-bond donors (Lipinski definition) is 2. The highest BCUT2D eigenvalue weighted by atomic mass is 16.7. The Balaban J connectivity index is 1.22. The van der Waals surface area contributed by atoms with Crippen LogP contribution in [0.3, 0.4) is 0 Å². The fourth-order valence-electron chi connectivity index (χ4n) is 10.5. The van der Waals surface area contributed by atoms with E-state index in [1.165, 1.54) is 44.5 Å². The van der Waals surface area contributed by atoms with E-state index >= 15 is 0 Å². The lowest BCUT2D eigenvalue weighted by atomic mass is 9.78. The topological polar surface area (TPSA) is 77.4 Å². The number of ether oxygens (including phenoxy) is 4. The molecule has 366 valence electrons. The molecule has 70 heavy (non-hydrogen) atoms. The third-order valence-corrected chi connectivity index (χ3v) is 15.0. The zero-order chi connectivity index (χ0) is 50.9. The zero-order valence-electron chi connectivity index (χ0n) is 44.5. The summed E-state index contributed by atoms with van der Waals surface area (Å²) in [5.41, 5.74) is 24.1. The van der Waals surface area contributed by atoms with Gasteiger partial charge in [-0.3, -0.25) is 0 Å². The highest BCUT2D eigenvalue weighted by Gasteiger charge is 2.28. The van der Waals surface area contributed by atoms with E-state index in [4.69, 9.17) is 18.9 Å². The molecule has 7 aromatic carbocycles. The van der Waals surface area contributed by atoms with Gasteiger partial charge in [-0.1, -0.05) is 97.1 Å². The first-order chi connectivity index (χ1) is 33.3. The van der Waals surface area contributed by atoms with Gasteiger partial charge in [0.1, 0.15) is 23.0 Å². The third kappa shape index (κ3) is 10.1. The summed E-state index contributed by atoms with van der Waals surface area (Å²) in [4.78, 5) is 0. The minimum atomic E-state index is -0.353. The molecule has 6 heteroatoms. The molecule has 4 atom stereocenters. The molecule has 0 aromatic heterocycles. The van der Waals surface area contributed by atoms with Gasteiger partial charge in [0.2, 0.25) is 0 Å². The maximum atomic E-state index is 11.0. The van der Waals surface area contributed by atoms with Gasteiger partial charge >= 0.3 is 0 Å². The molecule has 0 spiro atoms. The monoisotopic (exact) mass is 939 g/mol. The molecule has 6 nitrogen and oxygen atoms in total. The Morgan fingerprint density at radius 1 is 0.357 bits per heavy atom. The second-order valence-corrected chi connectivity index (χ2v) is 19.5. The lowest BCUT2D eigenvalue weighted by Crippen LogP contribution is -2.18. The molecule has 0 aliphatic rings. The van der Waals surface area contributed by atoms with E-state index in [0.717, 1.165) is 89.4 Å². The van der Waals surface area contributed by atoms with Crippen molar-refractivity contribution in [1.29, 1.82) is 0 Å². The predicted octanol–water partition coefficient (Wildman–Crippen LogP) is 16.0. The van der Waals surface area contributed by atoms with Crippen LogP contribution >= 0.6 is 0 Å². The lowest BCUT2D eigenvalue weighted by molar-refractivity contribution is -0.0623. The number of aromatic hydroxyl groups is 2. The molecule has 0 saturated heterocycles. The molecule has 0 aliphatic heterocycles. The van der Waals surface area contributed by atoms with Gasteiger partial charge in [0.05, 0.1) is 0 Å². The van der Waals surface area contributed by atoms with E-state index in [1.807, 2.05) is 55.4 Å². The SMILES string of the molecule is CCOC(C)Oc1c(C)cc(C(c2ccc(-c3ccc(-c4ccc(C(c5cc(C)c(O)c(C)c5C)c5cc(C)c(OC(C)OCC)c(C)c5C)cc4)cc3)cc2)c2cc(C)c(O)c(C)c2C)c(C)c1C. The summed E-state index contributed by atoms with van der Waals surface area (Å²) in [5, 5.41) is 21.9. The standard InChI is InChI=1S/C64H74O6/c1-17-67-47(15)69-63-37(5)33-57(41(9)45(63)13)59(55-31-35(3)61(65)43(11)39(55)7)53-27-23-51(24-28-53)49-19-21-50(22-20-49)52-25-29-54(30-26-52)60(56-32-36(4)62(66)44(12)40(56)8)58-34-38(6)64(46(14)42(58)10)70-48(16)68-18-2/h19-34,47-48,59-60,65-66H,17-18H2,1-16H3. The van der Waals surface area contributed by atoms with Crippen molar-refractivity contribution in [3.63, 3.8) is 0 Å². The fraction of sp³-hybridized carbons (Fsp3) is 0.344. The summed E-state index contributed by atoms with van der Waals surface area (Å²) in [5.74, 6) is 2.30. The van der Waals surface area contributed by atoms with Crippen LogP contribution in [0.25, 0.3) is 22.3 Å². The van der Waals surface area contributed by atoms with Gasteiger partial charge in [0, 0.05) is 25.0 Å². The second kappa shape index (κ2) is 21.3. The van der Waals surface area contributed by atoms with Crippen LogP contribution in [0.5, 0.6) is 23.0 Å². The van der Waals surface area contributed by atoms with Gasteiger partial charge in [-0.25, -0.2) is 0 Å². The van der Waals surface area contributed by atoms with E-state index in [2.05, 4.69) is 152 Å². The van der Waals surface area contributed by atoms with E-state index in [1.54, 1.807) is 0 Å². The number of aryl methyl sites for hydroxylation is 4. The number of phenolic OH excluding ortho intramolecular Hbond substituents is 2. The smallest absolute Gasteiger partial charge is 0.196 e. The van der Waals surface area contributed by atoms with Gasteiger partial charge < -0.3 is 29.2 Å². The first-order valence-corrected chi connectivity index (χ1v) is 25.0. The molecular formula is C64H74O6. The summed E-state index contributed by atoms with van der Waals surface area (Å²) < 4.78 is 24.2. The quantitative estimate of drug-likeness (QED) is 0.0742. The first kappa shape index (κ1) is 51.5. The molecule has 0 radical (unpaired) electrons. The van der Waals surface area contributed by atoms with Crippen LogP contribution in [0.15, 0.2) is 97.1 Å². The second-order valence-electron chi connectivity index (χ2n) is 19.5. The minimum Gasteiger partial charge on any atom is -0.507 e. The molecule has 0 heterocycles. The molecule has 0 aliphatic carbocycles. The normalized spacial score (nSPS) is 13.3. The van der Waals surface area contributed by atoms with E-state index in [0.29, 0.717) is 24.7 Å². The molecule has 0 bridgehead atoms. The van der Waals surface area contributed by atoms with Crippen LogP contribution in [0.2, 0.25) is 0 Å². The predicted molar refractivity (Wildman–Crippen MR) is 289 cm³/mol. The van der Waals surface area contributed by atoms with Crippen molar-refractivity contribution in [3.05, 3.63) is 197 Å². The Hall–Kier alpha value is -6.34. The average molecular weight is 939 g/mol. The average Bonchev–Trinajstić information content (AvgIpc) is 3.34. The van der Waals surface area contributed by atoms with Gasteiger partial charge in [-0.2, -0.15) is 0 Å². The van der Waals surface area contributed by atoms with Crippen LogP contribution in [-0.4, -0.2) is 36.0 Å². The number of benzene rings is 7. The largest absolute Gasteiger partial charge is 0.507 e. The minimum absolute atomic E-state index is 0.0708. The summed E-state index contributed by atoms with van der Waals surface area (Å²) >= 11 is 0. The Kier molecular flexibility index (Phi) is 15.7. The van der Waals surface area contributed by atoms with E-state index in [-0.39, 0.29) is 24.4 Å². The van der Waals surface area contributed by atoms with Crippen molar-refractivity contribution in [3.8, 4) is 45.3 Å². The molecule has 0 saturated carbocycles. The van der Waals surface area contributed by atoms with Crippen molar-refractivity contribution in [2.75, 3.05) is 13.2 Å². The maximum Gasteiger partial charge on any atom is 0.196 e.